The average Bonchev–Trinajstić information content (AvgIpc) is 2.84. The van der Waals surface area contributed by atoms with Gasteiger partial charge in [-0.15, -0.1) is 0 Å². The van der Waals surface area contributed by atoms with Crippen molar-refractivity contribution in [2.45, 2.75) is 37.8 Å². The molecular formula is C14H18FN3O. The molecule has 1 aliphatic carbocycles. The number of rotatable bonds is 4. The minimum atomic E-state index is -0.655. The number of hydrogen-bond donors (Lipinski definition) is 3. The summed E-state index contributed by atoms with van der Waals surface area (Å²) in [5, 5.41) is 20.8. The molecule has 2 aromatic rings. The Bertz CT molecular complexity index is 591. The molecule has 0 spiro atoms. The highest BCUT2D eigenvalue weighted by Gasteiger charge is 2.31. The van der Waals surface area contributed by atoms with E-state index in [4.69, 9.17) is 0 Å². The summed E-state index contributed by atoms with van der Waals surface area (Å²) >= 11 is 0. The molecule has 0 saturated heterocycles. The molecule has 4 nitrogen and oxygen atoms in total. The molecule has 1 saturated carbocycles. The van der Waals surface area contributed by atoms with Crippen LogP contribution in [0.15, 0.2) is 18.3 Å². The van der Waals surface area contributed by atoms with E-state index < -0.39 is 6.10 Å². The van der Waals surface area contributed by atoms with Gasteiger partial charge in [0, 0.05) is 17.5 Å². The molecule has 3 rings (SSSR count). The van der Waals surface area contributed by atoms with Gasteiger partial charge in [-0.05, 0) is 37.8 Å². The second kappa shape index (κ2) is 4.58. The van der Waals surface area contributed by atoms with Gasteiger partial charge in [-0.1, -0.05) is 6.07 Å². The Labute approximate surface area is 111 Å². The van der Waals surface area contributed by atoms with Crippen molar-refractivity contribution >= 4 is 10.9 Å². The van der Waals surface area contributed by atoms with Crippen molar-refractivity contribution in [2.24, 2.45) is 0 Å². The summed E-state index contributed by atoms with van der Waals surface area (Å²) < 4.78 is 13.5. The number of β-amino-alcohol motifs (C(OH)–C–C–N with tert-alkyl or cyclic N) is 1. The molecule has 1 aliphatic rings. The van der Waals surface area contributed by atoms with Gasteiger partial charge in [0.1, 0.15) is 11.3 Å². The van der Waals surface area contributed by atoms with Crippen LogP contribution in [0.2, 0.25) is 0 Å². The van der Waals surface area contributed by atoms with Crippen LogP contribution < -0.4 is 5.32 Å². The molecule has 102 valence electrons. The fourth-order valence-corrected chi connectivity index (χ4v) is 2.65. The molecule has 5 heteroatoms. The van der Waals surface area contributed by atoms with Crippen LogP contribution in [-0.4, -0.2) is 27.4 Å². The van der Waals surface area contributed by atoms with Gasteiger partial charge in [0.2, 0.25) is 0 Å². The van der Waals surface area contributed by atoms with Gasteiger partial charge >= 0.3 is 0 Å². The van der Waals surface area contributed by atoms with E-state index in [1.165, 1.54) is 12.5 Å². The number of H-pyrrole nitrogens is 1. The second-order valence-electron chi connectivity index (χ2n) is 5.61. The van der Waals surface area contributed by atoms with Gasteiger partial charge in [0.25, 0.3) is 0 Å². The number of halogens is 1. The maximum atomic E-state index is 13.5. The van der Waals surface area contributed by atoms with E-state index >= 15 is 0 Å². The first-order chi connectivity index (χ1) is 9.09. The highest BCUT2D eigenvalue weighted by atomic mass is 19.1. The number of aromatic amines is 1. The lowest BCUT2D eigenvalue weighted by Crippen LogP contribution is -2.49. The smallest absolute Gasteiger partial charge is 0.148 e. The summed E-state index contributed by atoms with van der Waals surface area (Å²) in [6.07, 6.45) is 4.43. The summed E-state index contributed by atoms with van der Waals surface area (Å²) in [6, 6.07) is 2.99. The lowest BCUT2D eigenvalue weighted by molar-refractivity contribution is 0.133. The topological polar surface area (TPSA) is 60.9 Å². The summed E-state index contributed by atoms with van der Waals surface area (Å²) in [7, 11) is 0. The van der Waals surface area contributed by atoms with Gasteiger partial charge in [-0.2, -0.15) is 5.10 Å². The van der Waals surface area contributed by atoms with Crippen molar-refractivity contribution in [1.82, 2.24) is 15.5 Å². The largest absolute Gasteiger partial charge is 0.387 e. The molecule has 19 heavy (non-hydrogen) atoms. The minimum absolute atomic E-state index is 0.149. The zero-order valence-corrected chi connectivity index (χ0v) is 10.9. The van der Waals surface area contributed by atoms with Gasteiger partial charge in [0.15, 0.2) is 0 Å². The van der Waals surface area contributed by atoms with Crippen LogP contribution in [0.4, 0.5) is 4.39 Å². The van der Waals surface area contributed by atoms with Crippen molar-refractivity contribution in [2.75, 3.05) is 6.54 Å². The molecule has 1 atom stereocenters. The highest BCUT2D eigenvalue weighted by molar-refractivity contribution is 5.82. The number of aliphatic hydroxyl groups excluding tert-OH is 1. The van der Waals surface area contributed by atoms with E-state index in [9.17, 15) is 9.50 Å². The molecule has 1 aromatic heterocycles. The predicted molar refractivity (Wildman–Crippen MR) is 71.3 cm³/mol. The minimum Gasteiger partial charge on any atom is -0.387 e. The summed E-state index contributed by atoms with van der Waals surface area (Å²) in [5.74, 6) is -0.345. The SMILES string of the molecule is CC1(NC[C@H](O)c2ccc(F)c3[nH]ncc23)CCC1. The Kier molecular flexibility index (Phi) is 3.03. The maximum absolute atomic E-state index is 13.5. The van der Waals surface area contributed by atoms with Gasteiger partial charge in [-0.25, -0.2) is 4.39 Å². The molecule has 3 N–H and O–H groups in total. The van der Waals surface area contributed by atoms with E-state index in [0.29, 0.717) is 23.0 Å². The third-order valence-corrected chi connectivity index (χ3v) is 4.14. The zero-order valence-electron chi connectivity index (χ0n) is 10.9. The molecule has 0 amide bonds. The van der Waals surface area contributed by atoms with E-state index in [-0.39, 0.29) is 11.4 Å². The van der Waals surface area contributed by atoms with Crippen LogP contribution in [0.1, 0.15) is 37.9 Å². The first kappa shape index (κ1) is 12.6. The van der Waals surface area contributed by atoms with Gasteiger partial charge in [-0.3, -0.25) is 5.10 Å². The Hall–Kier alpha value is -1.46. The van der Waals surface area contributed by atoms with Crippen molar-refractivity contribution in [1.29, 1.82) is 0 Å². The summed E-state index contributed by atoms with van der Waals surface area (Å²) in [4.78, 5) is 0. The van der Waals surface area contributed by atoms with Crippen molar-refractivity contribution in [3.63, 3.8) is 0 Å². The van der Waals surface area contributed by atoms with Gasteiger partial charge < -0.3 is 10.4 Å². The van der Waals surface area contributed by atoms with Crippen LogP contribution >= 0.6 is 0 Å². The van der Waals surface area contributed by atoms with Crippen LogP contribution in [0.5, 0.6) is 0 Å². The van der Waals surface area contributed by atoms with Crippen LogP contribution in [0.3, 0.4) is 0 Å². The predicted octanol–water partition coefficient (Wildman–Crippen LogP) is 2.27. The fourth-order valence-electron chi connectivity index (χ4n) is 2.65. The standard InChI is InChI=1S/C14H18FN3O/c1-14(5-2-6-14)16-8-12(19)9-3-4-11(15)13-10(9)7-17-18-13/h3-4,7,12,16,19H,2,5-6,8H2,1H3,(H,17,18)/t12-/m0/s1. The summed E-state index contributed by atoms with van der Waals surface area (Å²) in [6.45, 7) is 2.64. The van der Waals surface area contributed by atoms with E-state index in [1.54, 1.807) is 12.3 Å². The Morgan fingerprint density at radius 1 is 1.53 bits per heavy atom. The maximum Gasteiger partial charge on any atom is 0.148 e. The molecular weight excluding hydrogens is 245 g/mol. The van der Waals surface area contributed by atoms with E-state index in [0.717, 1.165) is 12.8 Å². The third kappa shape index (κ3) is 2.24. The van der Waals surface area contributed by atoms with Crippen molar-refractivity contribution in [3.8, 4) is 0 Å². The first-order valence-electron chi connectivity index (χ1n) is 6.64. The Morgan fingerprint density at radius 2 is 2.32 bits per heavy atom. The van der Waals surface area contributed by atoms with Crippen molar-refractivity contribution in [3.05, 3.63) is 29.7 Å². The molecule has 0 aliphatic heterocycles. The number of nitrogens with one attached hydrogen (secondary N) is 2. The lowest BCUT2D eigenvalue weighted by Gasteiger charge is -2.40. The molecule has 1 fully saturated rings. The van der Waals surface area contributed by atoms with Crippen LogP contribution in [-0.2, 0) is 0 Å². The fraction of sp³-hybridized carbons (Fsp3) is 0.500. The second-order valence-corrected chi connectivity index (χ2v) is 5.61. The number of nitrogens with zero attached hydrogens (tertiary/aromatic N) is 1. The normalized spacial score (nSPS) is 19.3. The molecule has 1 heterocycles. The molecule has 0 radical (unpaired) electrons. The number of hydrogen-bond acceptors (Lipinski definition) is 3. The highest BCUT2D eigenvalue weighted by Crippen LogP contribution is 2.32. The Morgan fingerprint density at radius 3 is 3.00 bits per heavy atom. The lowest BCUT2D eigenvalue weighted by atomic mass is 9.78. The van der Waals surface area contributed by atoms with E-state index in [1.807, 2.05) is 0 Å². The van der Waals surface area contributed by atoms with Crippen LogP contribution in [0, 0.1) is 5.82 Å². The molecule has 0 bridgehead atoms. The first-order valence-corrected chi connectivity index (χ1v) is 6.64. The van der Waals surface area contributed by atoms with E-state index in [2.05, 4.69) is 22.4 Å². The van der Waals surface area contributed by atoms with Gasteiger partial charge in [0.05, 0.1) is 12.3 Å². The number of benzene rings is 1. The van der Waals surface area contributed by atoms with Crippen molar-refractivity contribution < 1.29 is 9.50 Å². The number of fused-ring (bicyclic) bond motifs is 1. The van der Waals surface area contributed by atoms with Crippen LogP contribution in [0.25, 0.3) is 10.9 Å². The average molecular weight is 263 g/mol. The summed E-state index contributed by atoms with van der Waals surface area (Å²) in [5.41, 5.74) is 1.21. The third-order valence-electron chi connectivity index (χ3n) is 4.14. The number of aromatic nitrogens is 2. The molecule has 0 unspecified atom stereocenters. The zero-order chi connectivity index (χ0) is 13.5. The number of aliphatic hydroxyl groups is 1. The molecule has 1 aromatic carbocycles. The monoisotopic (exact) mass is 263 g/mol. The Balaban J connectivity index is 1.79. The quantitative estimate of drug-likeness (QED) is 0.793.